The van der Waals surface area contributed by atoms with Crippen molar-refractivity contribution in [1.29, 1.82) is 0 Å². The molecule has 118 valence electrons. The van der Waals surface area contributed by atoms with Gasteiger partial charge in [0, 0.05) is 5.33 Å². The summed E-state index contributed by atoms with van der Waals surface area (Å²) in [6, 6.07) is 0.581. The standard InChI is InChI=1S/C10H6BrF6NO3/c1-20-8(19)5-2-4(3-11)6(9(12,13)14)18-7(5)21-10(15,16)17/h2H,3H2,1H3. The van der Waals surface area contributed by atoms with Gasteiger partial charge in [-0.25, -0.2) is 9.78 Å². The summed E-state index contributed by atoms with van der Waals surface area (Å²) in [5.41, 5.74) is -2.99. The second-order valence-corrected chi connectivity index (χ2v) is 4.08. The molecule has 0 aromatic carbocycles. The molecule has 11 heteroatoms. The molecule has 1 rings (SSSR count). The first-order valence-corrected chi connectivity index (χ1v) is 6.13. The number of aromatic nitrogens is 1. The van der Waals surface area contributed by atoms with E-state index < -0.39 is 41.2 Å². The molecule has 0 aliphatic heterocycles. The van der Waals surface area contributed by atoms with Crippen molar-refractivity contribution in [3.63, 3.8) is 0 Å². The lowest BCUT2D eigenvalue weighted by Crippen LogP contribution is -2.23. The number of hydrogen-bond donors (Lipinski definition) is 0. The first-order valence-electron chi connectivity index (χ1n) is 5.00. The number of rotatable bonds is 3. The van der Waals surface area contributed by atoms with Crippen LogP contribution in [0.5, 0.6) is 5.88 Å². The van der Waals surface area contributed by atoms with Crippen molar-refractivity contribution in [2.24, 2.45) is 0 Å². The molecule has 0 unspecified atom stereocenters. The van der Waals surface area contributed by atoms with Crippen LogP contribution in [-0.2, 0) is 16.2 Å². The van der Waals surface area contributed by atoms with Crippen molar-refractivity contribution in [3.05, 3.63) is 22.9 Å². The molecule has 0 bridgehead atoms. The Hall–Kier alpha value is -1.52. The molecule has 0 amide bonds. The van der Waals surface area contributed by atoms with Crippen LogP contribution in [0.15, 0.2) is 6.07 Å². The molecule has 0 aliphatic carbocycles. The number of alkyl halides is 7. The minimum Gasteiger partial charge on any atom is -0.465 e. The molecule has 0 radical (unpaired) electrons. The lowest BCUT2D eigenvalue weighted by Gasteiger charge is -2.16. The van der Waals surface area contributed by atoms with Crippen LogP contribution in [0.2, 0.25) is 0 Å². The number of esters is 1. The highest BCUT2D eigenvalue weighted by molar-refractivity contribution is 9.08. The summed E-state index contributed by atoms with van der Waals surface area (Å²) in [6.45, 7) is 0. The Kier molecular flexibility index (Phi) is 5.07. The monoisotopic (exact) mass is 381 g/mol. The molecule has 0 saturated heterocycles. The van der Waals surface area contributed by atoms with Crippen molar-refractivity contribution in [3.8, 4) is 5.88 Å². The highest BCUT2D eigenvalue weighted by Crippen LogP contribution is 2.36. The second kappa shape index (κ2) is 6.08. The Labute approximate surface area is 122 Å². The van der Waals surface area contributed by atoms with Crippen LogP contribution in [0, 0.1) is 0 Å². The summed E-state index contributed by atoms with van der Waals surface area (Å²) < 4.78 is 82.3. The summed E-state index contributed by atoms with van der Waals surface area (Å²) in [7, 11) is 0.852. The smallest absolute Gasteiger partial charge is 0.465 e. The van der Waals surface area contributed by atoms with Gasteiger partial charge in [0.2, 0.25) is 5.88 Å². The molecule has 0 aliphatic rings. The lowest BCUT2D eigenvalue weighted by molar-refractivity contribution is -0.276. The van der Waals surface area contributed by atoms with Crippen molar-refractivity contribution >= 4 is 21.9 Å². The first kappa shape index (κ1) is 17.5. The van der Waals surface area contributed by atoms with Gasteiger partial charge in [0.15, 0.2) is 5.69 Å². The fourth-order valence-corrected chi connectivity index (χ4v) is 1.76. The van der Waals surface area contributed by atoms with Gasteiger partial charge in [-0.1, -0.05) is 15.9 Å². The third kappa shape index (κ3) is 4.48. The van der Waals surface area contributed by atoms with Gasteiger partial charge in [-0.05, 0) is 11.6 Å². The largest absolute Gasteiger partial charge is 0.574 e. The Morgan fingerprint density at radius 3 is 2.24 bits per heavy atom. The summed E-state index contributed by atoms with van der Waals surface area (Å²) in [4.78, 5) is 14.1. The van der Waals surface area contributed by atoms with E-state index in [1.807, 2.05) is 0 Å². The third-order valence-corrected chi connectivity index (χ3v) is 2.70. The van der Waals surface area contributed by atoms with E-state index in [9.17, 15) is 31.1 Å². The maximum atomic E-state index is 12.7. The molecule has 0 saturated carbocycles. The van der Waals surface area contributed by atoms with E-state index in [0.29, 0.717) is 6.07 Å². The van der Waals surface area contributed by atoms with E-state index in [0.717, 1.165) is 7.11 Å². The topological polar surface area (TPSA) is 48.4 Å². The summed E-state index contributed by atoms with van der Waals surface area (Å²) >= 11 is 2.74. The van der Waals surface area contributed by atoms with Gasteiger partial charge in [0.25, 0.3) is 0 Å². The van der Waals surface area contributed by atoms with Gasteiger partial charge in [-0.3, -0.25) is 0 Å². The van der Waals surface area contributed by atoms with E-state index in [-0.39, 0.29) is 5.33 Å². The average Bonchev–Trinajstić information content (AvgIpc) is 2.34. The van der Waals surface area contributed by atoms with Crippen LogP contribution in [0.4, 0.5) is 26.3 Å². The van der Waals surface area contributed by atoms with Crippen LogP contribution in [0.25, 0.3) is 0 Å². The molecule has 1 heterocycles. The normalized spacial score (nSPS) is 12.2. The average molecular weight is 382 g/mol. The van der Waals surface area contributed by atoms with E-state index in [1.165, 1.54) is 0 Å². The maximum Gasteiger partial charge on any atom is 0.574 e. The molecule has 0 fully saturated rings. The molecule has 0 N–H and O–H groups in total. The Morgan fingerprint density at radius 1 is 1.29 bits per heavy atom. The van der Waals surface area contributed by atoms with Gasteiger partial charge in [-0.2, -0.15) is 13.2 Å². The molecule has 0 spiro atoms. The summed E-state index contributed by atoms with van der Waals surface area (Å²) in [5.74, 6) is -2.83. The minimum absolute atomic E-state index is 0.384. The number of methoxy groups -OCH3 is 1. The zero-order chi connectivity index (χ0) is 16.4. The summed E-state index contributed by atoms with van der Waals surface area (Å²) in [5, 5.41) is -0.384. The van der Waals surface area contributed by atoms with Crippen LogP contribution >= 0.6 is 15.9 Å². The van der Waals surface area contributed by atoms with Crippen molar-refractivity contribution in [2.45, 2.75) is 17.9 Å². The Balaban J connectivity index is 3.53. The van der Waals surface area contributed by atoms with E-state index in [2.05, 4.69) is 30.4 Å². The maximum absolute atomic E-state index is 12.7. The molecule has 0 atom stereocenters. The molecular weight excluding hydrogens is 376 g/mol. The number of carbonyl (C=O) groups excluding carboxylic acids is 1. The van der Waals surface area contributed by atoms with Crippen molar-refractivity contribution < 1.29 is 40.6 Å². The molecule has 1 aromatic heterocycles. The quantitative estimate of drug-likeness (QED) is 0.455. The van der Waals surface area contributed by atoms with Gasteiger partial charge in [0.1, 0.15) is 5.56 Å². The number of hydrogen-bond acceptors (Lipinski definition) is 4. The molecule has 1 aromatic rings. The minimum atomic E-state index is -5.31. The van der Waals surface area contributed by atoms with Crippen LogP contribution < -0.4 is 4.74 Å². The van der Waals surface area contributed by atoms with E-state index in [1.54, 1.807) is 0 Å². The van der Waals surface area contributed by atoms with Crippen LogP contribution in [0.3, 0.4) is 0 Å². The third-order valence-electron chi connectivity index (χ3n) is 2.10. The molecular formula is C10H6BrF6NO3. The SMILES string of the molecule is COC(=O)c1cc(CBr)c(C(F)(F)F)nc1OC(F)(F)F. The molecule has 4 nitrogen and oxygen atoms in total. The summed E-state index contributed by atoms with van der Waals surface area (Å²) in [6.07, 6.45) is -10.3. The fraction of sp³-hybridized carbons (Fsp3) is 0.400. The van der Waals surface area contributed by atoms with Crippen LogP contribution in [0.1, 0.15) is 21.6 Å². The Morgan fingerprint density at radius 2 is 1.86 bits per heavy atom. The van der Waals surface area contributed by atoms with E-state index >= 15 is 0 Å². The van der Waals surface area contributed by atoms with E-state index in [4.69, 9.17) is 0 Å². The van der Waals surface area contributed by atoms with Crippen molar-refractivity contribution in [1.82, 2.24) is 4.98 Å². The number of carbonyl (C=O) groups is 1. The number of nitrogens with zero attached hydrogens (tertiary/aromatic N) is 1. The van der Waals surface area contributed by atoms with Crippen molar-refractivity contribution in [2.75, 3.05) is 7.11 Å². The first-order chi connectivity index (χ1) is 9.49. The lowest BCUT2D eigenvalue weighted by atomic mass is 10.1. The molecule has 21 heavy (non-hydrogen) atoms. The second-order valence-electron chi connectivity index (χ2n) is 3.52. The zero-order valence-corrected chi connectivity index (χ0v) is 11.7. The fourth-order valence-electron chi connectivity index (χ4n) is 1.33. The highest BCUT2D eigenvalue weighted by atomic mass is 79.9. The Bertz CT molecular complexity index is 543. The predicted octanol–water partition coefficient (Wildman–Crippen LogP) is 3.68. The number of pyridine rings is 1. The zero-order valence-electron chi connectivity index (χ0n) is 10.1. The number of halogens is 7. The van der Waals surface area contributed by atoms with Gasteiger partial charge in [0.05, 0.1) is 7.11 Å². The van der Waals surface area contributed by atoms with Gasteiger partial charge < -0.3 is 9.47 Å². The highest BCUT2D eigenvalue weighted by Gasteiger charge is 2.40. The van der Waals surface area contributed by atoms with Crippen LogP contribution in [-0.4, -0.2) is 24.4 Å². The predicted molar refractivity (Wildman–Crippen MR) is 59.9 cm³/mol. The van der Waals surface area contributed by atoms with Gasteiger partial charge >= 0.3 is 18.5 Å². The van der Waals surface area contributed by atoms with Gasteiger partial charge in [-0.15, -0.1) is 13.2 Å². The number of ether oxygens (including phenoxy) is 2.